The predicted octanol–water partition coefficient (Wildman–Crippen LogP) is 3.46. The number of hydrogen-bond donors (Lipinski definition) is 0. The molecule has 0 radical (unpaired) electrons. The van der Waals surface area contributed by atoms with Gasteiger partial charge in [-0.15, -0.1) is 0 Å². The molecule has 0 atom stereocenters. The first-order valence-electron chi connectivity index (χ1n) is 9.06. The summed E-state index contributed by atoms with van der Waals surface area (Å²) in [4.78, 5) is 0. The summed E-state index contributed by atoms with van der Waals surface area (Å²) in [7, 11) is -0.554. The standard InChI is InChI=1S/C19H30BFO4/c1-6-7-10-22-11-12-23-14-15-8-9-16(13-17(15)21)20-24-18(2,3)19(4,5)25-20/h8-9,13H,6-7,10-12,14H2,1-5H3. The molecule has 1 aromatic carbocycles. The zero-order valence-corrected chi connectivity index (χ0v) is 16.1. The summed E-state index contributed by atoms with van der Waals surface area (Å²) in [6.45, 7) is 12.0. The van der Waals surface area contributed by atoms with Crippen LogP contribution in [-0.4, -0.2) is 38.1 Å². The van der Waals surface area contributed by atoms with Gasteiger partial charge >= 0.3 is 7.12 Å². The lowest BCUT2D eigenvalue weighted by atomic mass is 9.79. The second kappa shape index (κ2) is 8.63. The molecule has 6 heteroatoms. The molecule has 4 nitrogen and oxygen atoms in total. The highest BCUT2D eigenvalue weighted by Gasteiger charge is 2.51. The molecule has 25 heavy (non-hydrogen) atoms. The summed E-state index contributed by atoms with van der Waals surface area (Å²) in [5, 5.41) is 0. The number of unbranched alkanes of at least 4 members (excludes halogenated alkanes) is 1. The Labute approximate surface area is 151 Å². The minimum Gasteiger partial charge on any atom is -0.399 e. The molecule has 0 bridgehead atoms. The molecule has 0 unspecified atom stereocenters. The van der Waals surface area contributed by atoms with Gasteiger partial charge in [-0.25, -0.2) is 4.39 Å². The van der Waals surface area contributed by atoms with Gasteiger partial charge < -0.3 is 18.8 Å². The van der Waals surface area contributed by atoms with E-state index in [-0.39, 0.29) is 12.4 Å². The maximum absolute atomic E-state index is 14.3. The Morgan fingerprint density at radius 1 is 1.00 bits per heavy atom. The Morgan fingerprint density at radius 3 is 2.24 bits per heavy atom. The third-order valence-electron chi connectivity index (χ3n) is 4.87. The van der Waals surface area contributed by atoms with E-state index in [1.807, 2.05) is 33.8 Å². The molecule has 1 heterocycles. The molecule has 2 rings (SSSR count). The molecule has 0 aromatic heterocycles. The fraction of sp³-hybridized carbons (Fsp3) is 0.684. The molecular weight excluding hydrogens is 322 g/mol. The molecule has 0 saturated carbocycles. The SMILES string of the molecule is CCCCOCCOCc1ccc(B2OC(C)(C)C(C)(C)O2)cc1F. The van der Waals surface area contributed by atoms with E-state index in [0.717, 1.165) is 19.4 Å². The Hall–Kier alpha value is -0.945. The van der Waals surface area contributed by atoms with Crippen LogP contribution in [0.1, 0.15) is 53.0 Å². The first-order chi connectivity index (χ1) is 11.8. The second-order valence-corrected chi connectivity index (χ2v) is 7.46. The van der Waals surface area contributed by atoms with Crippen molar-refractivity contribution in [3.05, 3.63) is 29.6 Å². The van der Waals surface area contributed by atoms with E-state index in [1.54, 1.807) is 6.07 Å². The fourth-order valence-corrected chi connectivity index (χ4v) is 2.45. The van der Waals surface area contributed by atoms with Crippen molar-refractivity contribution >= 4 is 12.6 Å². The Bertz CT molecular complexity index is 546. The van der Waals surface area contributed by atoms with Crippen molar-refractivity contribution in [2.45, 2.75) is 65.3 Å². The Balaban J connectivity index is 1.85. The normalized spacial score (nSPS) is 18.7. The first kappa shape index (κ1) is 20.4. The van der Waals surface area contributed by atoms with E-state index >= 15 is 0 Å². The van der Waals surface area contributed by atoms with Gasteiger partial charge in [-0.1, -0.05) is 25.5 Å². The van der Waals surface area contributed by atoms with Gasteiger partial charge in [-0.2, -0.15) is 0 Å². The molecule has 1 fully saturated rings. The van der Waals surface area contributed by atoms with Crippen molar-refractivity contribution in [2.24, 2.45) is 0 Å². The van der Waals surface area contributed by atoms with Crippen LogP contribution >= 0.6 is 0 Å². The van der Waals surface area contributed by atoms with E-state index in [4.69, 9.17) is 18.8 Å². The van der Waals surface area contributed by atoms with Gasteiger partial charge in [-0.3, -0.25) is 0 Å². The monoisotopic (exact) mass is 352 g/mol. The van der Waals surface area contributed by atoms with E-state index in [2.05, 4.69) is 6.92 Å². The van der Waals surface area contributed by atoms with Crippen molar-refractivity contribution in [3.63, 3.8) is 0 Å². The zero-order chi connectivity index (χ0) is 18.5. The molecule has 1 saturated heterocycles. The van der Waals surface area contributed by atoms with E-state index in [0.29, 0.717) is 24.2 Å². The van der Waals surface area contributed by atoms with Crippen LogP contribution in [0.2, 0.25) is 0 Å². The van der Waals surface area contributed by atoms with Crippen LogP contribution in [0.3, 0.4) is 0 Å². The van der Waals surface area contributed by atoms with Gasteiger partial charge in [0.25, 0.3) is 0 Å². The number of rotatable bonds is 9. The lowest BCUT2D eigenvalue weighted by Crippen LogP contribution is -2.41. The topological polar surface area (TPSA) is 36.9 Å². The highest BCUT2D eigenvalue weighted by atomic mass is 19.1. The summed E-state index contributed by atoms with van der Waals surface area (Å²) < 4.78 is 37.2. The maximum Gasteiger partial charge on any atom is 0.494 e. The molecule has 1 aliphatic rings. The van der Waals surface area contributed by atoms with Crippen molar-refractivity contribution in [1.82, 2.24) is 0 Å². The third kappa shape index (κ3) is 5.27. The minimum atomic E-state index is -0.554. The molecular formula is C19H30BFO4. The third-order valence-corrected chi connectivity index (χ3v) is 4.87. The number of ether oxygens (including phenoxy) is 2. The molecule has 1 aliphatic heterocycles. The molecule has 0 aliphatic carbocycles. The molecule has 1 aromatic rings. The number of halogens is 1. The molecule has 0 N–H and O–H groups in total. The van der Waals surface area contributed by atoms with Gasteiger partial charge in [0, 0.05) is 12.2 Å². The van der Waals surface area contributed by atoms with Crippen LogP contribution in [-0.2, 0) is 25.4 Å². The van der Waals surface area contributed by atoms with Gasteiger partial charge in [0.15, 0.2) is 0 Å². The second-order valence-electron chi connectivity index (χ2n) is 7.46. The highest BCUT2D eigenvalue weighted by Crippen LogP contribution is 2.36. The summed E-state index contributed by atoms with van der Waals surface area (Å²) in [6, 6.07) is 5.04. The zero-order valence-electron chi connectivity index (χ0n) is 16.1. The Kier molecular flexibility index (Phi) is 7.03. The summed E-state index contributed by atoms with van der Waals surface area (Å²) >= 11 is 0. The molecule has 0 amide bonds. The average Bonchev–Trinajstić information content (AvgIpc) is 2.76. The highest BCUT2D eigenvalue weighted by molar-refractivity contribution is 6.62. The van der Waals surface area contributed by atoms with Crippen LogP contribution in [0, 0.1) is 5.82 Å². The van der Waals surface area contributed by atoms with Gasteiger partial charge in [0.2, 0.25) is 0 Å². The largest absolute Gasteiger partial charge is 0.494 e. The van der Waals surface area contributed by atoms with Crippen molar-refractivity contribution in [2.75, 3.05) is 19.8 Å². The molecule has 140 valence electrons. The minimum absolute atomic E-state index is 0.229. The maximum atomic E-state index is 14.3. The van der Waals surface area contributed by atoms with Gasteiger partial charge in [-0.05, 0) is 45.6 Å². The van der Waals surface area contributed by atoms with Crippen LogP contribution in [0.15, 0.2) is 18.2 Å². The van der Waals surface area contributed by atoms with Crippen molar-refractivity contribution in [1.29, 1.82) is 0 Å². The van der Waals surface area contributed by atoms with Crippen molar-refractivity contribution < 1.29 is 23.2 Å². The van der Waals surface area contributed by atoms with Crippen LogP contribution in [0.5, 0.6) is 0 Å². The van der Waals surface area contributed by atoms with Crippen molar-refractivity contribution in [3.8, 4) is 0 Å². The summed E-state index contributed by atoms with van der Waals surface area (Å²) in [6.07, 6.45) is 2.16. The van der Waals surface area contributed by atoms with Gasteiger partial charge in [0.05, 0.1) is 31.0 Å². The quantitative estimate of drug-likeness (QED) is 0.504. The fourth-order valence-electron chi connectivity index (χ4n) is 2.45. The molecule has 0 spiro atoms. The van der Waals surface area contributed by atoms with E-state index in [9.17, 15) is 4.39 Å². The number of benzene rings is 1. The van der Waals surface area contributed by atoms with E-state index in [1.165, 1.54) is 6.07 Å². The van der Waals surface area contributed by atoms with Crippen LogP contribution < -0.4 is 5.46 Å². The van der Waals surface area contributed by atoms with Crippen LogP contribution in [0.25, 0.3) is 0 Å². The Morgan fingerprint density at radius 2 is 1.64 bits per heavy atom. The number of hydrogen-bond acceptors (Lipinski definition) is 4. The average molecular weight is 352 g/mol. The summed E-state index contributed by atoms with van der Waals surface area (Å²) in [5.41, 5.74) is 0.332. The summed E-state index contributed by atoms with van der Waals surface area (Å²) in [5.74, 6) is -0.306. The lowest BCUT2D eigenvalue weighted by Gasteiger charge is -2.32. The smallest absolute Gasteiger partial charge is 0.399 e. The first-order valence-corrected chi connectivity index (χ1v) is 9.06. The predicted molar refractivity (Wildman–Crippen MR) is 97.5 cm³/mol. The van der Waals surface area contributed by atoms with Gasteiger partial charge in [0.1, 0.15) is 5.82 Å². The van der Waals surface area contributed by atoms with Crippen LogP contribution in [0.4, 0.5) is 4.39 Å². The lowest BCUT2D eigenvalue weighted by molar-refractivity contribution is 0.00578. The van der Waals surface area contributed by atoms with E-state index < -0.39 is 18.3 Å².